The summed E-state index contributed by atoms with van der Waals surface area (Å²) in [5.41, 5.74) is 3.57. The van der Waals surface area contributed by atoms with Crippen molar-refractivity contribution in [2.24, 2.45) is 4.99 Å². The van der Waals surface area contributed by atoms with Crippen LogP contribution >= 0.6 is 0 Å². The summed E-state index contributed by atoms with van der Waals surface area (Å²) in [5, 5.41) is 0. The number of hydrogen-bond donors (Lipinski definition) is 0. The summed E-state index contributed by atoms with van der Waals surface area (Å²) in [6, 6.07) is 3.57. The maximum absolute atomic E-state index is 10.5. The van der Waals surface area contributed by atoms with Crippen LogP contribution < -0.4 is 0 Å². The molecule has 0 aliphatic heterocycles. The second kappa shape index (κ2) is 3.30. The molecule has 0 atom stereocenters. The van der Waals surface area contributed by atoms with Crippen molar-refractivity contribution in [2.45, 2.75) is 13.8 Å². The second-order valence-electron chi connectivity index (χ2n) is 2.70. The Morgan fingerprint density at radius 2 is 2.00 bits per heavy atom. The van der Waals surface area contributed by atoms with Gasteiger partial charge in [-0.1, -0.05) is 0 Å². The molecule has 2 nitrogen and oxygen atoms in total. The Morgan fingerprint density at radius 1 is 1.33 bits per heavy atom. The van der Waals surface area contributed by atoms with E-state index in [9.17, 15) is 4.79 Å². The molecule has 0 bridgehead atoms. The van der Waals surface area contributed by atoms with E-state index in [0.717, 1.165) is 28.7 Å². The van der Waals surface area contributed by atoms with Crippen LogP contribution in [0.2, 0.25) is 0 Å². The molecule has 1 rings (SSSR count). The first kappa shape index (κ1) is 8.65. The van der Waals surface area contributed by atoms with Crippen LogP contribution in [0.15, 0.2) is 17.1 Å². The monoisotopic (exact) mass is 161 g/mol. The minimum Gasteiger partial charge on any atom is -0.298 e. The Balaban J connectivity index is 3.38. The van der Waals surface area contributed by atoms with Gasteiger partial charge < -0.3 is 0 Å². The number of nitrogens with zero attached hydrogens (tertiary/aromatic N) is 1. The molecule has 2 heteroatoms. The minimum absolute atomic E-state index is 0.722. The summed E-state index contributed by atoms with van der Waals surface area (Å²) >= 11 is 0. The van der Waals surface area contributed by atoms with Crippen molar-refractivity contribution in [1.82, 2.24) is 0 Å². The number of hydrogen-bond acceptors (Lipinski definition) is 2. The van der Waals surface area contributed by atoms with Gasteiger partial charge in [-0.05, 0) is 43.8 Å². The molecule has 0 saturated heterocycles. The molecule has 0 spiro atoms. The van der Waals surface area contributed by atoms with Gasteiger partial charge >= 0.3 is 0 Å². The van der Waals surface area contributed by atoms with E-state index in [1.54, 1.807) is 12.1 Å². The maximum Gasteiger partial charge on any atom is 0.150 e. The molecule has 0 aliphatic rings. The molecule has 0 aliphatic carbocycles. The van der Waals surface area contributed by atoms with Gasteiger partial charge in [0.15, 0.2) is 0 Å². The summed E-state index contributed by atoms with van der Waals surface area (Å²) in [7, 11) is 0. The fraction of sp³-hybridized carbons (Fsp3) is 0.200. The standard InChI is InChI=1S/C10H11NO/c1-7-8(2)10(11-3)5-4-9(7)6-12/h4-6H,3H2,1-2H3. The van der Waals surface area contributed by atoms with Crippen LogP contribution in [0.4, 0.5) is 5.69 Å². The zero-order valence-electron chi connectivity index (χ0n) is 7.29. The largest absolute Gasteiger partial charge is 0.298 e. The van der Waals surface area contributed by atoms with Crippen LogP contribution in [0.5, 0.6) is 0 Å². The van der Waals surface area contributed by atoms with E-state index in [2.05, 4.69) is 11.7 Å². The summed E-state index contributed by atoms with van der Waals surface area (Å²) in [4.78, 5) is 14.4. The van der Waals surface area contributed by atoms with Crippen molar-refractivity contribution in [2.75, 3.05) is 0 Å². The van der Waals surface area contributed by atoms with Gasteiger partial charge in [0.2, 0.25) is 0 Å². The Labute approximate surface area is 71.9 Å². The molecular formula is C10H11NO. The van der Waals surface area contributed by atoms with Gasteiger partial charge in [0.1, 0.15) is 6.29 Å². The van der Waals surface area contributed by atoms with Crippen molar-refractivity contribution < 1.29 is 4.79 Å². The van der Waals surface area contributed by atoms with Crippen LogP contribution in [0, 0.1) is 13.8 Å². The van der Waals surface area contributed by atoms with Gasteiger partial charge in [-0.15, -0.1) is 0 Å². The van der Waals surface area contributed by atoms with E-state index in [-0.39, 0.29) is 0 Å². The van der Waals surface area contributed by atoms with Gasteiger partial charge in [0.25, 0.3) is 0 Å². The first-order valence-electron chi connectivity index (χ1n) is 3.72. The van der Waals surface area contributed by atoms with Gasteiger partial charge in [0, 0.05) is 5.56 Å². The van der Waals surface area contributed by atoms with Gasteiger partial charge in [-0.3, -0.25) is 9.79 Å². The first-order valence-corrected chi connectivity index (χ1v) is 3.72. The highest BCUT2D eigenvalue weighted by atomic mass is 16.1. The number of carbonyl (C=O) groups excluding carboxylic acids is 1. The van der Waals surface area contributed by atoms with Gasteiger partial charge in [0.05, 0.1) is 5.69 Å². The Kier molecular flexibility index (Phi) is 2.38. The molecule has 12 heavy (non-hydrogen) atoms. The molecule has 0 saturated carbocycles. The highest BCUT2D eigenvalue weighted by Gasteiger charge is 2.03. The highest BCUT2D eigenvalue weighted by molar-refractivity contribution is 5.79. The van der Waals surface area contributed by atoms with Crippen molar-refractivity contribution in [3.63, 3.8) is 0 Å². The van der Waals surface area contributed by atoms with Crippen molar-refractivity contribution in [1.29, 1.82) is 0 Å². The van der Waals surface area contributed by atoms with E-state index in [0.29, 0.717) is 0 Å². The number of aliphatic imine (C=N–C) groups is 1. The molecule has 62 valence electrons. The van der Waals surface area contributed by atoms with Crippen LogP contribution in [0.25, 0.3) is 0 Å². The van der Waals surface area contributed by atoms with Gasteiger partial charge in [-0.2, -0.15) is 0 Å². The highest BCUT2D eigenvalue weighted by Crippen LogP contribution is 2.22. The Morgan fingerprint density at radius 3 is 2.50 bits per heavy atom. The van der Waals surface area contributed by atoms with Crippen molar-refractivity contribution >= 4 is 18.7 Å². The average molecular weight is 161 g/mol. The van der Waals surface area contributed by atoms with Crippen LogP contribution in [0.3, 0.4) is 0 Å². The topological polar surface area (TPSA) is 29.4 Å². The number of aldehydes is 1. The fourth-order valence-electron chi connectivity index (χ4n) is 1.13. The predicted octanol–water partition coefficient (Wildman–Crippen LogP) is 2.45. The lowest BCUT2D eigenvalue weighted by atomic mass is 10.0. The predicted molar refractivity (Wildman–Crippen MR) is 50.5 cm³/mol. The second-order valence-corrected chi connectivity index (χ2v) is 2.70. The molecule has 0 N–H and O–H groups in total. The molecule has 0 heterocycles. The number of carbonyl (C=O) groups is 1. The van der Waals surface area contributed by atoms with E-state index in [4.69, 9.17) is 0 Å². The molecule has 0 unspecified atom stereocenters. The minimum atomic E-state index is 0.722. The van der Waals surface area contributed by atoms with Crippen molar-refractivity contribution in [3.05, 3.63) is 28.8 Å². The lowest BCUT2D eigenvalue weighted by Crippen LogP contribution is -1.89. The lowest BCUT2D eigenvalue weighted by Gasteiger charge is -2.05. The molecule has 0 fully saturated rings. The molecule has 1 aromatic carbocycles. The number of benzene rings is 1. The summed E-state index contributed by atoms with van der Waals surface area (Å²) in [5.74, 6) is 0. The van der Waals surface area contributed by atoms with E-state index in [1.807, 2.05) is 13.8 Å². The van der Waals surface area contributed by atoms with Crippen LogP contribution in [-0.4, -0.2) is 13.0 Å². The first-order chi connectivity index (χ1) is 5.70. The lowest BCUT2D eigenvalue weighted by molar-refractivity contribution is 0.112. The van der Waals surface area contributed by atoms with E-state index in [1.165, 1.54) is 0 Å². The summed E-state index contributed by atoms with van der Waals surface area (Å²) < 4.78 is 0. The summed E-state index contributed by atoms with van der Waals surface area (Å²) in [6.45, 7) is 7.30. The third kappa shape index (κ3) is 1.28. The van der Waals surface area contributed by atoms with Gasteiger partial charge in [-0.25, -0.2) is 0 Å². The average Bonchev–Trinajstić information content (AvgIpc) is 2.10. The smallest absolute Gasteiger partial charge is 0.150 e. The maximum atomic E-state index is 10.5. The van der Waals surface area contributed by atoms with E-state index >= 15 is 0 Å². The molecule has 0 amide bonds. The molecular weight excluding hydrogens is 150 g/mol. The quantitative estimate of drug-likeness (QED) is 0.484. The van der Waals surface area contributed by atoms with Crippen molar-refractivity contribution in [3.8, 4) is 0 Å². The van der Waals surface area contributed by atoms with Crippen LogP contribution in [0.1, 0.15) is 21.5 Å². The third-order valence-electron chi connectivity index (χ3n) is 2.10. The fourth-order valence-corrected chi connectivity index (χ4v) is 1.13. The molecule has 0 aromatic heterocycles. The third-order valence-corrected chi connectivity index (χ3v) is 2.10. The zero-order valence-corrected chi connectivity index (χ0v) is 7.29. The Hall–Kier alpha value is -1.44. The molecule has 0 radical (unpaired) electrons. The SMILES string of the molecule is C=Nc1ccc(C=O)c(C)c1C. The Bertz CT molecular complexity index is 296. The normalized spacial score (nSPS) is 9.50. The van der Waals surface area contributed by atoms with Crippen LogP contribution in [-0.2, 0) is 0 Å². The zero-order chi connectivity index (χ0) is 9.14. The molecule has 1 aromatic rings. The summed E-state index contributed by atoms with van der Waals surface area (Å²) in [6.07, 6.45) is 0.856. The van der Waals surface area contributed by atoms with E-state index < -0.39 is 0 Å². The number of rotatable bonds is 2.